The SMILES string of the molecule is CC(C)CC(CN(C)C)NCc1cccc2c1NCCC2. The maximum absolute atomic E-state index is 3.77. The largest absolute Gasteiger partial charge is 0.385 e. The summed E-state index contributed by atoms with van der Waals surface area (Å²) in [6, 6.07) is 7.27. The molecule has 0 amide bonds. The first-order chi connectivity index (χ1) is 10.1. The first kappa shape index (κ1) is 16.3. The Morgan fingerprint density at radius 2 is 2.10 bits per heavy atom. The Balaban J connectivity index is 2.00. The quantitative estimate of drug-likeness (QED) is 0.807. The van der Waals surface area contributed by atoms with Crippen LogP contribution in [0, 0.1) is 5.92 Å². The minimum absolute atomic E-state index is 0.555. The molecule has 1 unspecified atom stereocenters. The van der Waals surface area contributed by atoms with E-state index in [0.717, 1.165) is 25.6 Å². The van der Waals surface area contributed by atoms with Gasteiger partial charge in [0.2, 0.25) is 0 Å². The van der Waals surface area contributed by atoms with Gasteiger partial charge in [0.05, 0.1) is 0 Å². The van der Waals surface area contributed by atoms with E-state index >= 15 is 0 Å². The first-order valence-electron chi connectivity index (χ1n) is 8.29. The van der Waals surface area contributed by atoms with Gasteiger partial charge < -0.3 is 15.5 Å². The summed E-state index contributed by atoms with van der Waals surface area (Å²) in [5.41, 5.74) is 4.28. The van der Waals surface area contributed by atoms with Crippen LogP contribution >= 0.6 is 0 Å². The molecule has 0 aromatic heterocycles. The number of aryl methyl sites for hydroxylation is 1. The average molecular weight is 289 g/mol. The molecule has 1 aromatic carbocycles. The zero-order valence-electron chi connectivity index (χ0n) is 14.1. The molecule has 0 saturated heterocycles. The molecular formula is C18H31N3. The molecule has 1 aliphatic rings. The molecule has 2 rings (SSSR count). The van der Waals surface area contributed by atoms with Gasteiger partial charge in [-0.05, 0) is 50.4 Å². The summed E-state index contributed by atoms with van der Waals surface area (Å²) in [6.07, 6.45) is 3.68. The van der Waals surface area contributed by atoms with Gasteiger partial charge in [-0.1, -0.05) is 32.0 Å². The van der Waals surface area contributed by atoms with Crippen molar-refractivity contribution in [1.82, 2.24) is 10.2 Å². The molecule has 0 spiro atoms. The summed E-state index contributed by atoms with van der Waals surface area (Å²) in [5, 5.41) is 7.35. The summed E-state index contributed by atoms with van der Waals surface area (Å²) in [7, 11) is 4.31. The number of para-hydroxylation sites is 1. The van der Waals surface area contributed by atoms with E-state index in [2.05, 4.69) is 61.7 Å². The van der Waals surface area contributed by atoms with Crippen LogP contribution in [0.15, 0.2) is 18.2 Å². The Morgan fingerprint density at radius 1 is 1.29 bits per heavy atom. The van der Waals surface area contributed by atoms with Crippen LogP contribution in [0.25, 0.3) is 0 Å². The van der Waals surface area contributed by atoms with E-state index in [1.54, 1.807) is 0 Å². The number of rotatable bonds is 7. The van der Waals surface area contributed by atoms with Gasteiger partial charge in [0.1, 0.15) is 0 Å². The number of anilines is 1. The van der Waals surface area contributed by atoms with Crippen LogP contribution in [-0.2, 0) is 13.0 Å². The zero-order valence-corrected chi connectivity index (χ0v) is 14.1. The standard InChI is InChI=1S/C18H31N3/c1-14(2)11-17(13-21(3)4)20-12-16-8-5-7-15-9-6-10-19-18(15)16/h5,7-8,14,17,19-20H,6,9-13H2,1-4H3. The van der Waals surface area contributed by atoms with Crippen LogP contribution < -0.4 is 10.6 Å². The molecule has 1 aliphatic heterocycles. The fourth-order valence-corrected chi connectivity index (χ4v) is 3.21. The maximum atomic E-state index is 3.77. The fraction of sp³-hybridized carbons (Fsp3) is 0.667. The van der Waals surface area contributed by atoms with Crippen LogP contribution in [-0.4, -0.2) is 38.1 Å². The second-order valence-corrected chi connectivity index (χ2v) is 6.95. The van der Waals surface area contributed by atoms with Gasteiger partial charge in [-0.3, -0.25) is 0 Å². The van der Waals surface area contributed by atoms with Crippen LogP contribution in [0.3, 0.4) is 0 Å². The minimum Gasteiger partial charge on any atom is -0.385 e. The molecule has 0 radical (unpaired) electrons. The number of nitrogens with one attached hydrogen (secondary N) is 2. The normalized spacial score (nSPS) is 15.9. The van der Waals surface area contributed by atoms with E-state index in [1.807, 2.05) is 0 Å². The van der Waals surface area contributed by atoms with Crippen molar-refractivity contribution in [2.45, 2.75) is 45.7 Å². The molecule has 0 aliphatic carbocycles. The number of nitrogens with zero attached hydrogens (tertiary/aromatic N) is 1. The van der Waals surface area contributed by atoms with Crippen molar-refractivity contribution in [3.05, 3.63) is 29.3 Å². The minimum atomic E-state index is 0.555. The Morgan fingerprint density at radius 3 is 2.81 bits per heavy atom. The molecule has 0 saturated carbocycles. The Kier molecular flexibility index (Phi) is 6.07. The van der Waals surface area contributed by atoms with Gasteiger partial charge >= 0.3 is 0 Å². The van der Waals surface area contributed by atoms with Crippen molar-refractivity contribution in [3.8, 4) is 0 Å². The highest BCUT2D eigenvalue weighted by Gasteiger charge is 2.15. The lowest BCUT2D eigenvalue weighted by Gasteiger charge is -2.26. The summed E-state index contributed by atoms with van der Waals surface area (Å²) >= 11 is 0. The highest BCUT2D eigenvalue weighted by atomic mass is 15.1. The van der Waals surface area contributed by atoms with E-state index in [9.17, 15) is 0 Å². The third kappa shape index (κ3) is 5.01. The summed E-state index contributed by atoms with van der Waals surface area (Å²) in [6.45, 7) is 7.77. The molecule has 0 bridgehead atoms. The number of hydrogen-bond donors (Lipinski definition) is 2. The van der Waals surface area contributed by atoms with Gasteiger partial charge in [0, 0.05) is 31.4 Å². The third-order valence-corrected chi connectivity index (χ3v) is 4.08. The van der Waals surface area contributed by atoms with Crippen molar-refractivity contribution in [1.29, 1.82) is 0 Å². The molecule has 3 nitrogen and oxygen atoms in total. The second-order valence-electron chi connectivity index (χ2n) is 6.95. The topological polar surface area (TPSA) is 27.3 Å². The van der Waals surface area contributed by atoms with Crippen molar-refractivity contribution < 1.29 is 0 Å². The molecule has 118 valence electrons. The third-order valence-electron chi connectivity index (χ3n) is 4.08. The molecular weight excluding hydrogens is 258 g/mol. The Bertz CT molecular complexity index is 430. The molecule has 1 heterocycles. The summed E-state index contributed by atoms with van der Waals surface area (Å²) in [4.78, 5) is 2.28. The molecule has 3 heteroatoms. The first-order valence-corrected chi connectivity index (χ1v) is 8.29. The lowest BCUT2D eigenvalue weighted by Crippen LogP contribution is -2.39. The molecule has 1 aromatic rings. The lowest BCUT2D eigenvalue weighted by molar-refractivity contribution is 0.305. The van der Waals surface area contributed by atoms with Crippen molar-refractivity contribution in [3.63, 3.8) is 0 Å². The number of fused-ring (bicyclic) bond motifs is 1. The van der Waals surface area contributed by atoms with Gasteiger partial charge in [-0.2, -0.15) is 0 Å². The van der Waals surface area contributed by atoms with Gasteiger partial charge in [0.15, 0.2) is 0 Å². The van der Waals surface area contributed by atoms with Crippen LogP contribution in [0.4, 0.5) is 5.69 Å². The highest BCUT2D eigenvalue weighted by Crippen LogP contribution is 2.26. The molecule has 1 atom stereocenters. The van der Waals surface area contributed by atoms with Crippen LogP contribution in [0.2, 0.25) is 0 Å². The van der Waals surface area contributed by atoms with E-state index < -0.39 is 0 Å². The fourth-order valence-electron chi connectivity index (χ4n) is 3.21. The summed E-state index contributed by atoms with van der Waals surface area (Å²) < 4.78 is 0. The van der Waals surface area contributed by atoms with E-state index in [-0.39, 0.29) is 0 Å². The lowest BCUT2D eigenvalue weighted by atomic mass is 9.98. The predicted molar refractivity (Wildman–Crippen MR) is 91.9 cm³/mol. The second kappa shape index (κ2) is 7.81. The maximum Gasteiger partial charge on any atom is 0.0418 e. The van der Waals surface area contributed by atoms with E-state index in [1.165, 1.54) is 36.1 Å². The smallest absolute Gasteiger partial charge is 0.0418 e. The highest BCUT2D eigenvalue weighted by molar-refractivity contribution is 5.59. The Labute approximate surface area is 130 Å². The van der Waals surface area contributed by atoms with E-state index in [4.69, 9.17) is 0 Å². The average Bonchev–Trinajstić information content (AvgIpc) is 2.43. The zero-order chi connectivity index (χ0) is 15.2. The van der Waals surface area contributed by atoms with Crippen molar-refractivity contribution >= 4 is 5.69 Å². The van der Waals surface area contributed by atoms with Gasteiger partial charge in [0.25, 0.3) is 0 Å². The monoisotopic (exact) mass is 289 g/mol. The predicted octanol–water partition coefficient (Wildman–Crippen LogP) is 3.11. The molecule has 0 fully saturated rings. The molecule has 21 heavy (non-hydrogen) atoms. The number of hydrogen-bond acceptors (Lipinski definition) is 3. The van der Waals surface area contributed by atoms with Crippen molar-refractivity contribution in [2.75, 3.05) is 32.5 Å². The molecule has 2 N–H and O–H groups in total. The van der Waals surface area contributed by atoms with Gasteiger partial charge in [-0.25, -0.2) is 0 Å². The Hall–Kier alpha value is -1.06. The number of benzene rings is 1. The summed E-state index contributed by atoms with van der Waals surface area (Å²) in [5.74, 6) is 0.727. The number of likely N-dealkylation sites (N-methyl/N-ethyl adjacent to an activating group) is 1. The van der Waals surface area contributed by atoms with Gasteiger partial charge in [-0.15, -0.1) is 0 Å². The van der Waals surface area contributed by atoms with E-state index in [0.29, 0.717) is 6.04 Å². The van der Waals surface area contributed by atoms with Crippen molar-refractivity contribution in [2.24, 2.45) is 5.92 Å². The van der Waals surface area contributed by atoms with Crippen LogP contribution in [0.5, 0.6) is 0 Å². The van der Waals surface area contributed by atoms with Crippen LogP contribution in [0.1, 0.15) is 37.8 Å².